The Kier molecular flexibility index (Phi) is 6.57. The Morgan fingerprint density at radius 1 is 1.03 bits per heavy atom. The van der Waals surface area contributed by atoms with Crippen LogP contribution in [0.3, 0.4) is 0 Å². The predicted molar refractivity (Wildman–Crippen MR) is 136 cm³/mol. The molecule has 4 nitrogen and oxygen atoms in total. The van der Waals surface area contributed by atoms with Crippen LogP contribution >= 0.6 is 12.2 Å². The molecular weight excluding hydrogens is 414 g/mol. The van der Waals surface area contributed by atoms with Gasteiger partial charge in [-0.3, -0.25) is 4.99 Å². The molecule has 0 aromatic heterocycles. The van der Waals surface area contributed by atoms with Gasteiger partial charge in [-0.2, -0.15) is 0 Å². The number of amidine groups is 1. The number of hydrogen-bond acceptors (Lipinski definition) is 3. The molecule has 1 N–H and O–H groups in total. The highest BCUT2D eigenvalue weighted by molar-refractivity contribution is 7.80. The molecule has 1 saturated carbocycles. The molecule has 2 atom stereocenters. The number of benzene rings is 2. The predicted octanol–water partition coefficient (Wildman–Crippen LogP) is 6.14. The first-order valence-electron chi connectivity index (χ1n) is 11.7. The van der Waals surface area contributed by atoms with Crippen LogP contribution in [0, 0.1) is 5.41 Å². The molecule has 4 rings (SSSR count). The van der Waals surface area contributed by atoms with Crippen molar-refractivity contribution in [2.75, 3.05) is 6.61 Å². The molecule has 2 unspecified atom stereocenters. The standard InChI is InChI=1S/C27H35N3OS/c1-20(21-13-7-5-8-14-21)30-25(32)29-24(27(30)17-11-12-18-27)28-23(26(2,3)4)19-31-22-15-9-6-10-16-22/h5-10,13-16,20,23H,11-12,17-19H2,1-4H3,(H,28,29,32). The summed E-state index contributed by atoms with van der Waals surface area (Å²) in [5.41, 5.74) is 1.09. The molecule has 2 aromatic carbocycles. The molecule has 1 aliphatic carbocycles. The van der Waals surface area contributed by atoms with Gasteiger partial charge in [-0.15, -0.1) is 0 Å². The minimum Gasteiger partial charge on any atom is -0.491 e. The molecule has 1 spiro atoms. The molecule has 1 aliphatic heterocycles. The van der Waals surface area contributed by atoms with Gasteiger partial charge in [0.1, 0.15) is 23.7 Å². The van der Waals surface area contributed by atoms with Crippen molar-refractivity contribution < 1.29 is 4.74 Å². The van der Waals surface area contributed by atoms with E-state index < -0.39 is 0 Å². The number of para-hydroxylation sites is 1. The number of rotatable bonds is 6. The summed E-state index contributed by atoms with van der Waals surface area (Å²) in [6, 6.07) is 20.9. The Balaban J connectivity index is 1.65. The third kappa shape index (κ3) is 4.54. The van der Waals surface area contributed by atoms with Crippen LogP contribution < -0.4 is 10.1 Å². The highest BCUT2D eigenvalue weighted by atomic mass is 32.1. The minimum absolute atomic E-state index is 0.0115. The Morgan fingerprint density at radius 2 is 1.62 bits per heavy atom. The van der Waals surface area contributed by atoms with Gasteiger partial charge in [0, 0.05) is 0 Å². The van der Waals surface area contributed by atoms with Gasteiger partial charge in [-0.25, -0.2) is 0 Å². The van der Waals surface area contributed by atoms with Gasteiger partial charge < -0.3 is 15.0 Å². The fourth-order valence-electron chi connectivity index (χ4n) is 4.93. The number of nitrogens with one attached hydrogen (secondary N) is 1. The first kappa shape index (κ1) is 22.8. The quantitative estimate of drug-likeness (QED) is 0.537. The second kappa shape index (κ2) is 9.22. The third-order valence-corrected chi connectivity index (χ3v) is 7.18. The van der Waals surface area contributed by atoms with Crippen molar-refractivity contribution in [3.63, 3.8) is 0 Å². The van der Waals surface area contributed by atoms with Crippen molar-refractivity contribution in [2.24, 2.45) is 10.4 Å². The number of hydrogen-bond donors (Lipinski definition) is 1. The van der Waals surface area contributed by atoms with E-state index in [0.29, 0.717) is 6.61 Å². The van der Waals surface area contributed by atoms with E-state index in [4.69, 9.17) is 21.9 Å². The molecule has 0 radical (unpaired) electrons. The molecule has 32 heavy (non-hydrogen) atoms. The van der Waals surface area contributed by atoms with E-state index in [2.05, 4.69) is 68.2 Å². The zero-order valence-electron chi connectivity index (χ0n) is 19.7. The summed E-state index contributed by atoms with van der Waals surface area (Å²) in [5, 5.41) is 4.33. The molecule has 1 heterocycles. The summed E-state index contributed by atoms with van der Waals surface area (Å²) in [5.74, 6) is 1.91. The van der Waals surface area contributed by atoms with Crippen molar-refractivity contribution in [1.29, 1.82) is 0 Å². The van der Waals surface area contributed by atoms with Gasteiger partial charge in [-0.1, -0.05) is 82.1 Å². The van der Waals surface area contributed by atoms with Crippen molar-refractivity contribution in [2.45, 2.75) is 71.0 Å². The van der Waals surface area contributed by atoms with Crippen LogP contribution in [0.15, 0.2) is 65.7 Å². The summed E-state index contributed by atoms with van der Waals surface area (Å²) in [7, 11) is 0. The van der Waals surface area contributed by atoms with Crippen LogP contribution in [-0.4, -0.2) is 34.0 Å². The molecule has 2 aromatic rings. The molecule has 2 aliphatic rings. The fraction of sp³-hybridized carbons (Fsp3) is 0.481. The number of aliphatic imine (C=N–C) groups is 1. The molecule has 170 valence electrons. The minimum atomic E-state index is -0.150. The van der Waals surface area contributed by atoms with Crippen LogP contribution in [0.2, 0.25) is 0 Å². The smallest absolute Gasteiger partial charge is 0.175 e. The van der Waals surface area contributed by atoms with Gasteiger partial charge in [0.05, 0.1) is 12.1 Å². The van der Waals surface area contributed by atoms with E-state index in [-0.39, 0.29) is 23.0 Å². The summed E-state index contributed by atoms with van der Waals surface area (Å²) in [6.45, 7) is 9.49. The number of thiocarbonyl (C=S) groups is 1. The van der Waals surface area contributed by atoms with Gasteiger partial charge >= 0.3 is 0 Å². The molecular formula is C27H35N3OS. The van der Waals surface area contributed by atoms with Crippen LogP contribution in [0.5, 0.6) is 5.75 Å². The lowest BCUT2D eigenvalue weighted by Crippen LogP contribution is -2.49. The van der Waals surface area contributed by atoms with Crippen molar-refractivity contribution in [3.05, 3.63) is 66.2 Å². The SMILES string of the molecule is CC(c1ccccc1)N1C(=S)NC(=NC(COc2ccccc2)C(C)(C)C)C12CCCC2. The number of ether oxygens (including phenoxy) is 1. The maximum Gasteiger partial charge on any atom is 0.175 e. The zero-order chi connectivity index (χ0) is 22.8. The third-order valence-electron chi connectivity index (χ3n) is 6.88. The Morgan fingerprint density at radius 3 is 2.22 bits per heavy atom. The number of nitrogens with zero attached hydrogens (tertiary/aromatic N) is 2. The van der Waals surface area contributed by atoms with E-state index in [1.54, 1.807) is 0 Å². The average Bonchev–Trinajstić information content (AvgIpc) is 3.36. The molecule has 0 amide bonds. The molecule has 0 bridgehead atoms. The zero-order valence-corrected chi connectivity index (χ0v) is 20.5. The van der Waals surface area contributed by atoms with Gasteiger partial charge in [0.2, 0.25) is 0 Å². The maximum absolute atomic E-state index is 6.15. The lowest BCUT2D eigenvalue weighted by atomic mass is 9.86. The van der Waals surface area contributed by atoms with Gasteiger partial charge in [0.25, 0.3) is 0 Å². The summed E-state index contributed by atoms with van der Waals surface area (Å²) < 4.78 is 6.15. The fourth-order valence-corrected chi connectivity index (χ4v) is 5.36. The van der Waals surface area contributed by atoms with Gasteiger partial charge in [0.15, 0.2) is 5.11 Å². The summed E-state index contributed by atoms with van der Waals surface area (Å²) in [6.07, 6.45) is 4.54. The Bertz CT molecular complexity index is 946. The first-order chi connectivity index (χ1) is 15.3. The van der Waals surface area contributed by atoms with E-state index in [0.717, 1.165) is 29.5 Å². The summed E-state index contributed by atoms with van der Waals surface area (Å²) in [4.78, 5) is 7.74. The second-order valence-electron chi connectivity index (χ2n) is 10.1. The lowest BCUT2D eigenvalue weighted by Gasteiger charge is -2.40. The van der Waals surface area contributed by atoms with E-state index in [1.165, 1.54) is 18.4 Å². The summed E-state index contributed by atoms with van der Waals surface area (Å²) >= 11 is 5.89. The van der Waals surface area contributed by atoms with E-state index in [9.17, 15) is 0 Å². The van der Waals surface area contributed by atoms with Crippen LogP contribution in [-0.2, 0) is 0 Å². The largest absolute Gasteiger partial charge is 0.491 e. The van der Waals surface area contributed by atoms with Crippen molar-refractivity contribution in [1.82, 2.24) is 10.2 Å². The van der Waals surface area contributed by atoms with Crippen molar-refractivity contribution >= 4 is 23.2 Å². The van der Waals surface area contributed by atoms with Crippen molar-refractivity contribution in [3.8, 4) is 5.75 Å². The molecule has 1 saturated heterocycles. The lowest BCUT2D eigenvalue weighted by molar-refractivity contribution is 0.198. The topological polar surface area (TPSA) is 36.9 Å². The average molecular weight is 450 g/mol. The highest BCUT2D eigenvalue weighted by Gasteiger charge is 2.52. The maximum atomic E-state index is 6.15. The normalized spacial score (nSPS) is 21.1. The molecule has 5 heteroatoms. The highest BCUT2D eigenvalue weighted by Crippen LogP contribution is 2.44. The van der Waals surface area contributed by atoms with E-state index in [1.807, 2.05) is 30.3 Å². The van der Waals surface area contributed by atoms with Gasteiger partial charge in [-0.05, 0) is 55.1 Å². The first-order valence-corrected chi connectivity index (χ1v) is 12.1. The second-order valence-corrected chi connectivity index (χ2v) is 10.5. The Labute approximate surface area is 198 Å². The van der Waals surface area contributed by atoms with Crippen LogP contribution in [0.4, 0.5) is 0 Å². The molecule has 2 fully saturated rings. The van der Waals surface area contributed by atoms with Crippen LogP contribution in [0.1, 0.15) is 65.0 Å². The van der Waals surface area contributed by atoms with Crippen LogP contribution in [0.25, 0.3) is 0 Å². The van der Waals surface area contributed by atoms with E-state index >= 15 is 0 Å². The monoisotopic (exact) mass is 449 g/mol. The Hall–Kier alpha value is -2.40.